The smallest absolute Gasteiger partial charge is 0.307 e. The fourth-order valence-corrected chi connectivity index (χ4v) is 2.53. The summed E-state index contributed by atoms with van der Waals surface area (Å²) in [7, 11) is 0. The molecule has 3 N–H and O–H groups in total. The van der Waals surface area contributed by atoms with E-state index in [1.165, 1.54) is 4.90 Å². The summed E-state index contributed by atoms with van der Waals surface area (Å²) in [6.45, 7) is -0.0864. The molecule has 1 saturated carbocycles. The van der Waals surface area contributed by atoms with Gasteiger partial charge in [-0.15, -0.1) is 0 Å². The molecule has 0 bridgehead atoms. The van der Waals surface area contributed by atoms with E-state index in [1.807, 2.05) is 0 Å². The Labute approximate surface area is 106 Å². The summed E-state index contributed by atoms with van der Waals surface area (Å²) in [5.41, 5.74) is 0. The zero-order chi connectivity index (χ0) is 13.5. The molecule has 0 aromatic rings. The van der Waals surface area contributed by atoms with Crippen LogP contribution < -0.4 is 0 Å². The summed E-state index contributed by atoms with van der Waals surface area (Å²) < 4.78 is 0. The highest BCUT2D eigenvalue weighted by atomic mass is 16.4. The van der Waals surface area contributed by atoms with Crippen molar-refractivity contribution in [2.24, 2.45) is 11.8 Å². The van der Waals surface area contributed by atoms with Crippen LogP contribution in [0.5, 0.6) is 0 Å². The van der Waals surface area contributed by atoms with Crippen LogP contribution in [0.15, 0.2) is 0 Å². The Bertz CT molecular complexity index is 288. The van der Waals surface area contributed by atoms with E-state index in [9.17, 15) is 9.59 Å². The van der Waals surface area contributed by atoms with Gasteiger partial charge in [-0.05, 0) is 12.8 Å². The summed E-state index contributed by atoms with van der Waals surface area (Å²) >= 11 is 0. The van der Waals surface area contributed by atoms with Crippen molar-refractivity contribution in [3.05, 3.63) is 0 Å². The normalized spacial score (nSPS) is 23.7. The minimum atomic E-state index is -0.930. The van der Waals surface area contributed by atoms with Crippen molar-refractivity contribution in [1.82, 2.24) is 4.90 Å². The van der Waals surface area contributed by atoms with Gasteiger partial charge < -0.3 is 20.2 Å². The number of aliphatic carboxylic acids is 1. The summed E-state index contributed by atoms with van der Waals surface area (Å²) in [4.78, 5) is 24.7. The number of aliphatic hydroxyl groups is 2. The number of hydrogen-bond acceptors (Lipinski definition) is 4. The molecule has 0 radical (unpaired) electrons. The first-order valence-electron chi connectivity index (χ1n) is 6.35. The standard InChI is InChI=1S/C12H21NO5/c14-7-5-13(6-8-15)11(16)9-3-1-2-4-10(9)12(17)18/h9-10,14-15H,1-8H2,(H,17,18)/t9-,10+/m1/s1. The number of carboxylic acids is 1. The number of rotatable bonds is 6. The Hall–Kier alpha value is -1.14. The molecule has 0 saturated heterocycles. The van der Waals surface area contributed by atoms with Crippen molar-refractivity contribution in [2.75, 3.05) is 26.3 Å². The van der Waals surface area contributed by atoms with Gasteiger partial charge in [0.15, 0.2) is 0 Å². The van der Waals surface area contributed by atoms with Gasteiger partial charge in [-0.25, -0.2) is 0 Å². The molecule has 0 aromatic carbocycles. The maximum atomic E-state index is 12.2. The van der Waals surface area contributed by atoms with Crippen LogP contribution in [-0.4, -0.2) is 58.4 Å². The third-order valence-corrected chi connectivity index (χ3v) is 3.45. The Kier molecular flexibility index (Phi) is 6.07. The predicted octanol–water partition coefficient (Wildman–Crippen LogP) is -0.309. The van der Waals surface area contributed by atoms with Crippen LogP contribution in [0.4, 0.5) is 0 Å². The van der Waals surface area contributed by atoms with Gasteiger partial charge in [0.05, 0.1) is 25.0 Å². The van der Waals surface area contributed by atoms with E-state index in [1.54, 1.807) is 0 Å². The lowest BCUT2D eigenvalue weighted by Gasteiger charge is -2.32. The van der Waals surface area contributed by atoms with Crippen LogP contribution in [0.25, 0.3) is 0 Å². The Balaban J connectivity index is 2.73. The third kappa shape index (κ3) is 3.68. The lowest BCUT2D eigenvalue weighted by Crippen LogP contribution is -2.44. The van der Waals surface area contributed by atoms with E-state index in [0.717, 1.165) is 12.8 Å². The maximum absolute atomic E-state index is 12.2. The minimum absolute atomic E-state index is 0.141. The molecule has 104 valence electrons. The van der Waals surface area contributed by atoms with Gasteiger partial charge in [0.1, 0.15) is 0 Å². The molecule has 6 nitrogen and oxygen atoms in total. The Morgan fingerprint density at radius 2 is 1.50 bits per heavy atom. The molecular weight excluding hydrogens is 238 g/mol. The van der Waals surface area contributed by atoms with Gasteiger partial charge in [-0.3, -0.25) is 9.59 Å². The number of nitrogens with zero attached hydrogens (tertiary/aromatic N) is 1. The molecule has 1 fully saturated rings. The molecule has 0 unspecified atom stereocenters. The summed E-state index contributed by atoms with van der Waals surface area (Å²) in [5.74, 6) is -2.34. The highest BCUT2D eigenvalue weighted by molar-refractivity contribution is 5.85. The van der Waals surface area contributed by atoms with Crippen LogP contribution in [0.3, 0.4) is 0 Å². The van der Waals surface area contributed by atoms with Crippen molar-refractivity contribution in [3.63, 3.8) is 0 Å². The Morgan fingerprint density at radius 3 is 1.94 bits per heavy atom. The summed E-state index contributed by atoms with van der Waals surface area (Å²) in [5, 5.41) is 26.9. The first-order chi connectivity index (χ1) is 8.61. The lowest BCUT2D eigenvalue weighted by molar-refractivity contribution is -0.152. The van der Waals surface area contributed by atoms with Crippen LogP contribution in [0.1, 0.15) is 25.7 Å². The fraction of sp³-hybridized carbons (Fsp3) is 0.833. The minimum Gasteiger partial charge on any atom is -0.481 e. The topological polar surface area (TPSA) is 98.1 Å². The van der Waals surface area contributed by atoms with Gasteiger partial charge in [0.2, 0.25) is 5.91 Å². The molecule has 6 heteroatoms. The van der Waals surface area contributed by atoms with Crippen molar-refractivity contribution >= 4 is 11.9 Å². The molecular formula is C12H21NO5. The average Bonchev–Trinajstić information content (AvgIpc) is 2.37. The zero-order valence-corrected chi connectivity index (χ0v) is 10.4. The molecule has 1 aliphatic rings. The van der Waals surface area contributed by atoms with Crippen molar-refractivity contribution < 1.29 is 24.9 Å². The van der Waals surface area contributed by atoms with E-state index in [4.69, 9.17) is 15.3 Å². The first-order valence-corrected chi connectivity index (χ1v) is 6.35. The molecule has 2 atom stereocenters. The van der Waals surface area contributed by atoms with Gasteiger partial charge in [0, 0.05) is 13.1 Å². The van der Waals surface area contributed by atoms with E-state index >= 15 is 0 Å². The predicted molar refractivity (Wildman–Crippen MR) is 63.8 cm³/mol. The van der Waals surface area contributed by atoms with Crippen LogP contribution in [0.2, 0.25) is 0 Å². The van der Waals surface area contributed by atoms with E-state index in [-0.39, 0.29) is 32.2 Å². The molecule has 0 heterocycles. The van der Waals surface area contributed by atoms with Gasteiger partial charge in [-0.1, -0.05) is 12.8 Å². The molecule has 1 aliphatic carbocycles. The number of carboxylic acid groups (broad SMARTS) is 1. The van der Waals surface area contributed by atoms with Gasteiger partial charge in [-0.2, -0.15) is 0 Å². The van der Waals surface area contributed by atoms with Crippen molar-refractivity contribution in [1.29, 1.82) is 0 Å². The molecule has 1 rings (SSSR count). The molecule has 0 aliphatic heterocycles. The number of carbonyl (C=O) groups is 2. The highest BCUT2D eigenvalue weighted by Crippen LogP contribution is 2.31. The largest absolute Gasteiger partial charge is 0.481 e. The van der Waals surface area contributed by atoms with Crippen LogP contribution in [0, 0.1) is 11.8 Å². The molecule has 0 spiro atoms. The third-order valence-electron chi connectivity index (χ3n) is 3.45. The zero-order valence-electron chi connectivity index (χ0n) is 10.4. The van der Waals surface area contributed by atoms with Gasteiger partial charge >= 0.3 is 5.97 Å². The quantitative estimate of drug-likeness (QED) is 0.608. The summed E-state index contributed by atoms with van der Waals surface area (Å²) in [6, 6.07) is 0. The van der Waals surface area contributed by atoms with Crippen LogP contribution in [-0.2, 0) is 9.59 Å². The molecule has 1 amide bonds. The van der Waals surface area contributed by atoms with Gasteiger partial charge in [0.25, 0.3) is 0 Å². The second kappa shape index (κ2) is 7.33. The Morgan fingerprint density at radius 1 is 1.00 bits per heavy atom. The van der Waals surface area contributed by atoms with Crippen molar-refractivity contribution in [3.8, 4) is 0 Å². The average molecular weight is 259 g/mol. The summed E-state index contributed by atoms with van der Waals surface area (Å²) in [6.07, 6.45) is 2.79. The number of amides is 1. The SMILES string of the molecule is O=C(O)[C@H]1CCCC[C@H]1C(=O)N(CCO)CCO. The van der Waals surface area contributed by atoms with Crippen LogP contribution >= 0.6 is 0 Å². The molecule has 18 heavy (non-hydrogen) atoms. The van der Waals surface area contributed by atoms with E-state index in [2.05, 4.69) is 0 Å². The lowest BCUT2D eigenvalue weighted by atomic mass is 9.78. The monoisotopic (exact) mass is 259 g/mol. The highest BCUT2D eigenvalue weighted by Gasteiger charge is 2.37. The maximum Gasteiger partial charge on any atom is 0.307 e. The fourth-order valence-electron chi connectivity index (χ4n) is 2.53. The number of carbonyl (C=O) groups excluding carboxylic acids is 1. The molecule has 0 aromatic heterocycles. The van der Waals surface area contributed by atoms with E-state index in [0.29, 0.717) is 12.8 Å². The second-order valence-electron chi connectivity index (χ2n) is 4.61. The van der Waals surface area contributed by atoms with E-state index < -0.39 is 17.8 Å². The number of aliphatic hydroxyl groups excluding tert-OH is 2. The second-order valence-corrected chi connectivity index (χ2v) is 4.61. The first kappa shape index (κ1) is 14.9. The number of hydrogen-bond donors (Lipinski definition) is 3. The van der Waals surface area contributed by atoms with Crippen molar-refractivity contribution in [2.45, 2.75) is 25.7 Å².